The lowest BCUT2D eigenvalue weighted by molar-refractivity contribution is 0.630. The van der Waals surface area contributed by atoms with Crippen LogP contribution in [0, 0.1) is 5.92 Å². The lowest BCUT2D eigenvalue weighted by atomic mass is 10.1. The molecular formula is C12H20BrN3S. The minimum atomic E-state index is 0.551. The molecule has 0 bridgehead atoms. The molecule has 0 fully saturated rings. The van der Waals surface area contributed by atoms with Crippen LogP contribution in [0.3, 0.4) is 0 Å². The van der Waals surface area contributed by atoms with Crippen molar-refractivity contribution in [3.8, 4) is 0 Å². The van der Waals surface area contributed by atoms with Crippen molar-refractivity contribution in [3.05, 3.63) is 16.0 Å². The molecule has 2 N–H and O–H groups in total. The number of hydrogen-bond donors (Lipinski definition) is 1. The number of nitrogens with zero attached hydrogens (tertiary/aromatic N) is 2. The van der Waals surface area contributed by atoms with Gasteiger partial charge in [-0.15, -0.1) is 0 Å². The van der Waals surface area contributed by atoms with Gasteiger partial charge in [0.2, 0.25) is 0 Å². The van der Waals surface area contributed by atoms with Crippen molar-refractivity contribution in [1.29, 1.82) is 0 Å². The first kappa shape index (κ1) is 14.8. The van der Waals surface area contributed by atoms with Crippen LogP contribution >= 0.6 is 27.7 Å². The van der Waals surface area contributed by atoms with Crippen LogP contribution < -0.4 is 5.73 Å². The third kappa shape index (κ3) is 4.84. The molecule has 5 heteroatoms. The summed E-state index contributed by atoms with van der Waals surface area (Å²) in [7, 11) is 0. The molecule has 1 heterocycles. The summed E-state index contributed by atoms with van der Waals surface area (Å²) in [6.07, 6.45) is 0.923. The first-order chi connectivity index (χ1) is 7.90. The molecule has 0 spiro atoms. The highest BCUT2D eigenvalue weighted by Gasteiger charge is 2.11. The number of nitrogens with two attached hydrogens (primary N) is 1. The normalized spacial score (nSPS) is 11.5. The van der Waals surface area contributed by atoms with Crippen LogP contribution in [-0.4, -0.2) is 15.2 Å². The molecule has 0 radical (unpaired) electrons. The Hall–Kier alpha value is -0.290. The molecule has 0 aliphatic carbocycles. The summed E-state index contributed by atoms with van der Waals surface area (Å²) < 4.78 is 0.851. The SMILES string of the molecule is CC(C)Cc1nc(CSC(C)C)nc(N)c1Br. The van der Waals surface area contributed by atoms with Crippen LogP contribution in [0.4, 0.5) is 5.82 Å². The second-order valence-corrected chi connectivity index (χ2v) is 7.10. The maximum atomic E-state index is 5.90. The first-order valence-electron chi connectivity index (χ1n) is 5.82. The van der Waals surface area contributed by atoms with Gasteiger partial charge in [-0.3, -0.25) is 0 Å². The van der Waals surface area contributed by atoms with Gasteiger partial charge in [-0.05, 0) is 33.5 Å². The predicted octanol–water partition coefficient (Wildman–Crippen LogP) is 3.66. The molecule has 0 atom stereocenters. The van der Waals surface area contributed by atoms with E-state index in [1.165, 1.54) is 0 Å². The van der Waals surface area contributed by atoms with Crippen LogP contribution in [0.1, 0.15) is 39.2 Å². The second kappa shape index (κ2) is 6.59. The van der Waals surface area contributed by atoms with Crippen molar-refractivity contribution in [2.45, 2.75) is 45.1 Å². The van der Waals surface area contributed by atoms with Gasteiger partial charge >= 0.3 is 0 Å². The molecule has 3 nitrogen and oxygen atoms in total. The molecule has 0 unspecified atom stereocenters. The fourth-order valence-electron chi connectivity index (χ4n) is 1.39. The van der Waals surface area contributed by atoms with Crippen molar-refractivity contribution in [2.24, 2.45) is 5.92 Å². The molecule has 0 aliphatic heterocycles. The quantitative estimate of drug-likeness (QED) is 0.900. The Morgan fingerprint density at radius 1 is 1.24 bits per heavy atom. The smallest absolute Gasteiger partial charge is 0.141 e. The number of hydrogen-bond acceptors (Lipinski definition) is 4. The average Bonchev–Trinajstić information content (AvgIpc) is 2.21. The van der Waals surface area contributed by atoms with Gasteiger partial charge in [-0.1, -0.05) is 27.7 Å². The highest BCUT2D eigenvalue weighted by molar-refractivity contribution is 9.10. The van der Waals surface area contributed by atoms with E-state index >= 15 is 0 Å². The molecule has 0 saturated carbocycles. The third-order valence-corrected chi connectivity index (χ3v) is 4.09. The van der Waals surface area contributed by atoms with Gasteiger partial charge in [0.1, 0.15) is 11.6 Å². The fraction of sp³-hybridized carbons (Fsp3) is 0.667. The Kier molecular flexibility index (Phi) is 5.73. The van der Waals surface area contributed by atoms with Crippen LogP contribution in [-0.2, 0) is 12.2 Å². The van der Waals surface area contributed by atoms with Crippen LogP contribution in [0.2, 0.25) is 0 Å². The van der Waals surface area contributed by atoms with Crippen LogP contribution in [0.5, 0.6) is 0 Å². The van der Waals surface area contributed by atoms with Gasteiger partial charge in [-0.25, -0.2) is 9.97 Å². The number of halogens is 1. The highest BCUT2D eigenvalue weighted by atomic mass is 79.9. The van der Waals surface area contributed by atoms with Crippen LogP contribution in [0.15, 0.2) is 4.47 Å². The van der Waals surface area contributed by atoms with Gasteiger partial charge in [0.25, 0.3) is 0 Å². The summed E-state index contributed by atoms with van der Waals surface area (Å²) in [5.74, 6) is 2.77. The molecule has 17 heavy (non-hydrogen) atoms. The molecule has 96 valence electrons. The van der Waals surface area contributed by atoms with Gasteiger partial charge in [0.15, 0.2) is 0 Å². The van der Waals surface area contributed by atoms with Gasteiger partial charge in [0.05, 0.1) is 15.9 Å². The predicted molar refractivity (Wildman–Crippen MR) is 79.1 cm³/mol. The summed E-state index contributed by atoms with van der Waals surface area (Å²) in [4.78, 5) is 8.90. The maximum absolute atomic E-state index is 5.90. The third-order valence-electron chi connectivity index (χ3n) is 2.14. The molecule has 0 aliphatic rings. The summed E-state index contributed by atoms with van der Waals surface area (Å²) >= 11 is 5.30. The molecule has 1 rings (SSSR count). The van der Waals surface area contributed by atoms with Crippen molar-refractivity contribution < 1.29 is 0 Å². The van der Waals surface area contributed by atoms with Crippen molar-refractivity contribution in [2.75, 3.05) is 5.73 Å². The molecule has 0 amide bonds. The zero-order valence-corrected chi connectivity index (χ0v) is 13.2. The average molecular weight is 318 g/mol. The Morgan fingerprint density at radius 2 is 1.88 bits per heavy atom. The van der Waals surface area contributed by atoms with Gasteiger partial charge in [0, 0.05) is 0 Å². The number of thioether (sulfide) groups is 1. The van der Waals surface area contributed by atoms with Crippen molar-refractivity contribution in [3.63, 3.8) is 0 Å². The zero-order chi connectivity index (χ0) is 13.0. The number of anilines is 1. The minimum absolute atomic E-state index is 0.551. The van der Waals surface area contributed by atoms with E-state index < -0.39 is 0 Å². The number of rotatable bonds is 5. The molecular weight excluding hydrogens is 298 g/mol. The first-order valence-corrected chi connectivity index (χ1v) is 7.66. The Bertz CT molecular complexity index is 380. The van der Waals surface area contributed by atoms with Gasteiger partial charge < -0.3 is 5.73 Å². The minimum Gasteiger partial charge on any atom is -0.383 e. The summed E-state index contributed by atoms with van der Waals surface area (Å²) in [5.41, 5.74) is 6.92. The topological polar surface area (TPSA) is 51.8 Å². The fourth-order valence-corrected chi connectivity index (χ4v) is 2.34. The second-order valence-electron chi connectivity index (χ2n) is 4.74. The van der Waals surface area contributed by atoms with E-state index in [2.05, 4.69) is 53.6 Å². The Labute approximate surface area is 116 Å². The van der Waals surface area contributed by atoms with E-state index in [4.69, 9.17) is 5.73 Å². The van der Waals surface area contributed by atoms with E-state index in [9.17, 15) is 0 Å². The zero-order valence-electron chi connectivity index (χ0n) is 10.8. The highest BCUT2D eigenvalue weighted by Crippen LogP contribution is 2.25. The number of nitrogen functional groups attached to an aromatic ring is 1. The molecule has 0 saturated heterocycles. The lowest BCUT2D eigenvalue weighted by Gasteiger charge is -2.11. The maximum Gasteiger partial charge on any atom is 0.141 e. The summed E-state index contributed by atoms with van der Waals surface area (Å²) in [6.45, 7) is 8.68. The molecule has 1 aromatic heterocycles. The largest absolute Gasteiger partial charge is 0.383 e. The summed E-state index contributed by atoms with van der Waals surface area (Å²) in [6, 6.07) is 0. The standard InChI is InChI=1S/C12H20BrN3S/c1-7(2)5-9-11(13)12(14)16-10(15-9)6-17-8(3)4/h7-8H,5-6H2,1-4H3,(H2,14,15,16). The number of aromatic nitrogens is 2. The molecule has 1 aromatic rings. The monoisotopic (exact) mass is 317 g/mol. The van der Waals surface area contributed by atoms with E-state index in [-0.39, 0.29) is 0 Å². The summed E-state index contributed by atoms with van der Waals surface area (Å²) in [5, 5.41) is 0.581. The Balaban J connectivity index is 2.89. The lowest BCUT2D eigenvalue weighted by Crippen LogP contribution is -2.07. The van der Waals surface area contributed by atoms with E-state index in [0.29, 0.717) is 17.0 Å². The van der Waals surface area contributed by atoms with E-state index in [1.54, 1.807) is 0 Å². The molecule has 0 aromatic carbocycles. The van der Waals surface area contributed by atoms with E-state index in [1.807, 2.05) is 11.8 Å². The van der Waals surface area contributed by atoms with Gasteiger partial charge in [-0.2, -0.15) is 11.8 Å². The van der Waals surface area contributed by atoms with Crippen molar-refractivity contribution in [1.82, 2.24) is 9.97 Å². The Morgan fingerprint density at radius 3 is 2.41 bits per heavy atom. The van der Waals surface area contributed by atoms with E-state index in [0.717, 1.165) is 28.2 Å². The van der Waals surface area contributed by atoms with Crippen LogP contribution in [0.25, 0.3) is 0 Å². The van der Waals surface area contributed by atoms with Crippen molar-refractivity contribution >= 4 is 33.5 Å².